The molecule has 0 amide bonds. The highest BCUT2D eigenvalue weighted by atomic mass is 19.1. The van der Waals surface area contributed by atoms with E-state index in [-0.39, 0.29) is 23.8 Å². The van der Waals surface area contributed by atoms with Crippen LogP contribution in [0.2, 0.25) is 0 Å². The summed E-state index contributed by atoms with van der Waals surface area (Å²) in [7, 11) is 1.63. The van der Waals surface area contributed by atoms with Gasteiger partial charge >= 0.3 is 5.69 Å². The van der Waals surface area contributed by atoms with Crippen LogP contribution in [0.5, 0.6) is 0 Å². The first-order valence-electron chi connectivity index (χ1n) is 8.94. The van der Waals surface area contributed by atoms with E-state index >= 15 is 0 Å². The molecule has 2 aromatic heterocycles. The molecule has 2 N–H and O–H groups in total. The van der Waals surface area contributed by atoms with Gasteiger partial charge in [0.2, 0.25) is 0 Å². The van der Waals surface area contributed by atoms with Crippen molar-refractivity contribution in [2.24, 2.45) is 12.8 Å². The Balaban J connectivity index is 1.88. The molecule has 142 valence electrons. The topological polar surface area (TPSA) is 69.1 Å². The number of benzene rings is 1. The van der Waals surface area contributed by atoms with Crippen LogP contribution >= 0.6 is 0 Å². The lowest BCUT2D eigenvalue weighted by Crippen LogP contribution is -2.43. The van der Waals surface area contributed by atoms with Crippen molar-refractivity contribution < 1.29 is 8.78 Å². The maximum absolute atomic E-state index is 14.2. The second kappa shape index (κ2) is 6.77. The van der Waals surface area contributed by atoms with Gasteiger partial charge in [0, 0.05) is 37.9 Å². The third kappa shape index (κ3) is 3.10. The van der Waals surface area contributed by atoms with Gasteiger partial charge in [0.1, 0.15) is 17.2 Å². The maximum atomic E-state index is 14.2. The zero-order valence-electron chi connectivity index (χ0n) is 15.0. The molecular weight excluding hydrogens is 352 g/mol. The fraction of sp³-hybridized carbons (Fsp3) is 0.368. The standard InChI is InChI=1S/C19H21F2N5O/c1-24-18-17(16(6-7-23-18)25-8-2-3-14(22)11-25)26(19(24)27)10-12-9-13(20)4-5-15(12)21/h4-7,9,14H,2-3,8,10-11,22H2,1H3. The van der Waals surface area contributed by atoms with Crippen molar-refractivity contribution in [1.29, 1.82) is 0 Å². The molecule has 1 saturated heterocycles. The summed E-state index contributed by atoms with van der Waals surface area (Å²) in [6.45, 7) is 1.43. The number of rotatable bonds is 3. The van der Waals surface area contributed by atoms with Crippen LogP contribution in [0.15, 0.2) is 35.3 Å². The third-order valence-electron chi connectivity index (χ3n) is 5.12. The molecule has 1 aliphatic heterocycles. The zero-order valence-corrected chi connectivity index (χ0v) is 15.0. The van der Waals surface area contributed by atoms with E-state index < -0.39 is 11.6 Å². The molecule has 1 fully saturated rings. The molecule has 27 heavy (non-hydrogen) atoms. The minimum absolute atomic E-state index is 0.0616. The Labute approximate surface area is 154 Å². The van der Waals surface area contributed by atoms with E-state index in [9.17, 15) is 13.6 Å². The highest BCUT2D eigenvalue weighted by Gasteiger charge is 2.23. The van der Waals surface area contributed by atoms with Crippen LogP contribution in [-0.2, 0) is 13.6 Å². The molecule has 1 aliphatic rings. The molecule has 8 heteroatoms. The van der Waals surface area contributed by atoms with Gasteiger partial charge in [0.25, 0.3) is 0 Å². The molecule has 0 aliphatic carbocycles. The molecule has 1 aromatic carbocycles. The number of halogens is 2. The molecule has 1 unspecified atom stereocenters. The lowest BCUT2D eigenvalue weighted by atomic mass is 10.1. The van der Waals surface area contributed by atoms with Gasteiger partial charge in [0.05, 0.1) is 12.2 Å². The fourth-order valence-corrected chi connectivity index (χ4v) is 3.77. The first-order valence-corrected chi connectivity index (χ1v) is 8.94. The van der Waals surface area contributed by atoms with Crippen molar-refractivity contribution in [3.8, 4) is 0 Å². The van der Waals surface area contributed by atoms with Crippen LogP contribution in [-0.4, -0.2) is 33.2 Å². The summed E-state index contributed by atoms with van der Waals surface area (Å²) in [5.41, 5.74) is 7.87. The Bertz CT molecular complexity index is 1060. The molecule has 0 spiro atoms. The summed E-state index contributed by atoms with van der Waals surface area (Å²) in [5, 5.41) is 0. The normalized spacial score (nSPS) is 17.6. The van der Waals surface area contributed by atoms with E-state index in [1.165, 1.54) is 9.13 Å². The van der Waals surface area contributed by atoms with Gasteiger partial charge in [-0.15, -0.1) is 0 Å². The van der Waals surface area contributed by atoms with E-state index in [2.05, 4.69) is 9.88 Å². The lowest BCUT2D eigenvalue weighted by Gasteiger charge is -2.33. The molecule has 0 bridgehead atoms. The van der Waals surface area contributed by atoms with E-state index in [1.807, 2.05) is 6.07 Å². The third-order valence-corrected chi connectivity index (χ3v) is 5.12. The predicted molar refractivity (Wildman–Crippen MR) is 99.9 cm³/mol. The average Bonchev–Trinajstić information content (AvgIpc) is 2.90. The number of nitrogens with two attached hydrogens (primary N) is 1. The van der Waals surface area contributed by atoms with Gasteiger partial charge < -0.3 is 10.6 Å². The zero-order chi connectivity index (χ0) is 19.1. The van der Waals surface area contributed by atoms with Gasteiger partial charge in [-0.3, -0.25) is 9.13 Å². The van der Waals surface area contributed by atoms with Crippen molar-refractivity contribution in [3.05, 3.63) is 58.1 Å². The second-order valence-corrected chi connectivity index (χ2v) is 7.01. The lowest BCUT2D eigenvalue weighted by molar-refractivity contribution is 0.506. The quantitative estimate of drug-likeness (QED) is 0.762. The average molecular weight is 373 g/mol. The number of pyridine rings is 1. The number of anilines is 1. The minimum Gasteiger partial charge on any atom is -0.368 e. The number of aromatic nitrogens is 3. The molecular formula is C19H21F2N5O. The van der Waals surface area contributed by atoms with Gasteiger partial charge in [-0.2, -0.15) is 0 Å². The Kier molecular flexibility index (Phi) is 4.43. The molecule has 6 nitrogen and oxygen atoms in total. The molecule has 3 heterocycles. The molecule has 0 radical (unpaired) electrons. The van der Waals surface area contributed by atoms with Gasteiger partial charge in [-0.1, -0.05) is 0 Å². The Hall–Kier alpha value is -2.74. The summed E-state index contributed by atoms with van der Waals surface area (Å²) in [6, 6.07) is 5.16. The first-order chi connectivity index (χ1) is 13.0. The Morgan fingerprint density at radius 3 is 2.89 bits per heavy atom. The van der Waals surface area contributed by atoms with Gasteiger partial charge in [0.15, 0.2) is 5.65 Å². The van der Waals surface area contributed by atoms with Crippen LogP contribution in [0.4, 0.5) is 14.5 Å². The number of piperidine rings is 1. The Morgan fingerprint density at radius 2 is 2.11 bits per heavy atom. The predicted octanol–water partition coefficient (Wildman–Crippen LogP) is 1.99. The van der Waals surface area contributed by atoms with Crippen LogP contribution < -0.4 is 16.3 Å². The summed E-state index contributed by atoms with van der Waals surface area (Å²) in [5.74, 6) is -1.09. The molecule has 3 aromatic rings. The largest absolute Gasteiger partial charge is 0.368 e. The number of aryl methyl sites for hydroxylation is 1. The van der Waals surface area contributed by atoms with Gasteiger partial charge in [-0.05, 0) is 37.1 Å². The summed E-state index contributed by atoms with van der Waals surface area (Å²) in [6.07, 6.45) is 3.58. The number of hydrogen-bond acceptors (Lipinski definition) is 4. The van der Waals surface area contributed by atoms with Crippen LogP contribution in [0.1, 0.15) is 18.4 Å². The monoisotopic (exact) mass is 373 g/mol. The molecule has 0 saturated carbocycles. The van der Waals surface area contributed by atoms with E-state index in [1.54, 1.807) is 13.2 Å². The fourth-order valence-electron chi connectivity index (χ4n) is 3.77. The van der Waals surface area contributed by atoms with Crippen LogP contribution in [0.3, 0.4) is 0 Å². The number of hydrogen-bond donors (Lipinski definition) is 1. The van der Waals surface area contributed by atoms with E-state index in [0.29, 0.717) is 17.7 Å². The second-order valence-electron chi connectivity index (χ2n) is 7.01. The number of nitrogens with zero attached hydrogens (tertiary/aromatic N) is 4. The van der Waals surface area contributed by atoms with Crippen molar-refractivity contribution >= 4 is 16.9 Å². The molecule has 4 rings (SSSR count). The smallest absolute Gasteiger partial charge is 0.330 e. The first kappa shape index (κ1) is 17.7. The highest BCUT2D eigenvalue weighted by molar-refractivity contribution is 5.87. The number of imidazole rings is 1. The summed E-state index contributed by atoms with van der Waals surface area (Å²) < 4.78 is 30.6. The maximum Gasteiger partial charge on any atom is 0.330 e. The van der Waals surface area contributed by atoms with Gasteiger partial charge in [-0.25, -0.2) is 18.6 Å². The Morgan fingerprint density at radius 1 is 1.30 bits per heavy atom. The minimum atomic E-state index is -0.550. The van der Waals surface area contributed by atoms with Crippen LogP contribution in [0.25, 0.3) is 11.2 Å². The summed E-state index contributed by atoms with van der Waals surface area (Å²) in [4.78, 5) is 19.3. The highest BCUT2D eigenvalue weighted by Crippen LogP contribution is 2.28. The van der Waals surface area contributed by atoms with Crippen molar-refractivity contribution in [2.75, 3.05) is 18.0 Å². The molecule has 1 atom stereocenters. The number of fused-ring (bicyclic) bond motifs is 1. The van der Waals surface area contributed by atoms with Crippen molar-refractivity contribution in [3.63, 3.8) is 0 Å². The summed E-state index contributed by atoms with van der Waals surface area (Å²) >= 11 is 0. The van der Waals surface area contributed by atoms with E-state index in [4.69, 9.17) is 5.73 Å². The van der Waals surface area contributed by atoms with Crippen LogP contribution in [0, 0.1) is 11.6 Å². The van der Waals surface area contributed by atoms with Crippen molar-refractivity contribution in [1.82, 2.24) is 14.1 Å². The van der Waals surface area contributed by atoms with E-state index in [0.717, 1.165) is 43.3 Å². The van der Waals surface area contributed by atoms with Crippen molar-refractivity contribution in [2.45, 2.75) is 25.4 Å². The SMILES string of the molecule is Cn1c(=O)n(Cc2cc(F)ccc2F)c2c(N3CCCC(N)C3)ccnc21.